The van der Waals surface area contributed by atoms with Crippen LogP contribution in [0.4, 0.5) is 0 Å². The molecule has 2 aromatic rings. The summed E-state index contributed by atoms with van der Waals surface area (Å²) < 4.78 is 2.47. The predicted octanol–water partition coefficient (Wildman–Crippen LogP) is 4.40. The third-order valence-corrected chi connectivity index (χ3v) is 6.16. The van der Waals surface area contributed by atoms with Crippen LogP contribution < -0.4 is 0 Å². The Hall–Kier alpha value is -0.450. The van der Waals surface area contributed by atoms with Gasteiger partial charge in [0.1, 0.15) is 0 Å². The van der Waals surface area contributed by atoms with Gasteiger partial charge < -0.3 is 4.90 Å². The SMILES string of the molecule is Brc1ccc2nc([C@H]3C[C@H](N4CCCC4)C3)sc2c1. The largest absolute Gasteiger partial charge is 0.300 e. The number of rotatable bonds is 2. The van der Waals surface area contributed by atoms with Gasteiger partial charge in [-0.15, -0.1) is 11.3 Å². The Labute approximate surface area is 126 Å². The van der Waals surface area contributed by atoms with Gasteiger partial charge in [0.25, 0.3) is 0 Å². The molecule has 1 aliphatic carbocycles. The molecule has 1 aromatic carbocycles. The summed E-state index contributed by atoms with van der Waals surface area (Å²) in [7, 11) is 0. The van der Waals surface area contributed by atoms with Crippen LogP contribution in [0.25, 0.3) is 10.2 Å². The van der Waals surface area contributed by atoms with Crippen LogP contribution in [0, 0.1) is 0 Å². The van der Waals surface area contributed by atoms with Crippen LogP contribution in [0.3, 0.4) is 0 Å². The zero-order valence-electron chi connectivity index (χ0n) is 10.8. The third kappa shape index (κ3) is 2.24. The lowest BCUT2D eigenvalue weighted by atomic mass is 9.80. The molecule has 0 unspecified atom stereocenters. The highest BCUT2D eigenvalue weighted by molar-refractivity contribution is 9.10. The third-order valence-electron chi connectivity index (χ3n) is 4.49. The lowest BCUT2D eigenvalue weighted by Gasteiger charge is -2.40. The van der Waals surface area contributed by atoms with Crippen molar-refractivity contribution in [2.75, 3.05) is 13.1 Å². The van der Waals surface area contributed by atoms with Crippen molar-refractivity contribution in [3.8, 4) is 0 Å². The topological polar surface area (TPSA) is 16.1 Å². The molecule has 0 bridgehead atoms. The lowest BCUT2D eigenvalue weighted by molar-refractivity contribution is 0.136. The Morgan fingerprint density at radius 1 is 1.21 bits per heavy atom. The van der Waals surface area contributed by atoms with Gasteiger partial charge in [0.15, 0.2) is 0 Å². The zero-order chi connectivity index (χ0) is 12.8. The van der Waals surface area contributed by atoms with E-state index >= 15 is 0 Å². The second kappa shape index (κ2) is 4.83. The minimum absolute atomic E-state index is 0.710. The van der Waals surface area contributed by atoms with E-state index < -0.39 is 0 Å². The molecule has 2 nitrogen and oxygen atoms in total. The smallest absolute Gasteiger partial charge is 0.0970 e. The first-order valence-electron chi connectivity index (χ1n) is 7.09. The fraction of sp³-hybridized carbons (Fsp3) is 0.533. The molecule has 2 heterocycles. The molecule has 4 heteroatoms. The molecule has 2 fully saturated rings. The van der Waals surface area contributed by atoms with Crippen LogP contribution in [0.15, 0.2) is 22.7 Å². The van der Waals surface area contributed by atoms with Gasteiger partial charge in [0.2, 0.25) is 0 Å². The molecule has 1 saturated heterocycles. The van der Waals surface area contributed by atoms with Crippen molar-refractivity contribution in [1.29, 1.82) is 0 Å². The van der Waals surface area contributed by atoms with E-state index in [0.29, 0.717) is 5.92 Å². The van der Waals surface area contributed by atoms with E-state index in [0.717, 1.165) is 16.0 Å². The van der Waals surface area contributed by atoms with E-state index in [-0.39, 0.29) is 0 Å². The minimum atomic E-state index is 0.710. The van der Waals surface area contributed by atoms with E-state index in [9.17, 15) is 0 Å². The van der Waals surface area contributed by atoms with Crippen molar-refractivity contribution < 1.29 is 0 Å². The van der Waals surface area contributed by atoms with Gasteiger partial charge in [-0.1, -0.05) is 15.9 Å². The Kier molecular flexibility index (Phi) is 3.13. The van der Waals surface area contributed by atoms with Gasteiger partial charge >= 0.3 is 0 Å². The standard InChI is InChI=1S/C15H17BrN2S/c16-11-3-4-13-14(9-11)19-15(17-13)10-7-12(8-10)18-5-1-2-6-18/h3-4,9-10,12H,1-2,5-8H2/t10-,12-. The van der Waals surface area contributed by atoms with Crippen LogP contribution in [-0.2, 0) is 0 Å². The molecule has 1 aromatic heterocycles. The number of hydrogen-bond acceptors (Lipinski definition) is 3. The van der Waals surface area contributed by atoms with E-state index in [1.807, 2.05) is 11.3 Å². The number of halogens is 1. The van der Waals surface area contributed by atoms with Gasteiger partial charge in [0.05, 0.1) is 15.2 Å². The van der Waals surface area contributed by atoms with Crippen LogP contribution in [0.2, 0.25) is 0 Å². The van der Waals surface area contributed by atoms with Gasteiger partial charge in [-0.05, 0) is 57.0 Å². The maximum Gasteiger partial charge on any atom is 0.0970 e. The molecule has 4 rings (SSSR count). The molecular weight excluding hydrogens is 320 g/mol. The average Bonchev–Trinajstić information content (AvgIpc) is 2.95. The summed E-state index contributed by atoms with van der Waals surface area (Å²) >= 11 is 5.42. The molecule has 2 aliphatic rings. The Balaban J connectivity index is 1.50. The second-order valence-electron chi connectivity index (χ2n) is 5.73. The normalized spacial score (nSPS) is 27.8. The summed E-state index contributed by atoms with van der Waals surface area (Å²) in [5, 5.41) is 1.35. The molecule has 19 heavy (non-hydrogen) atoms. The number of thiazole rings is 1. The van der Waals surface area contributed by atoms with Crippen molar-refractivity contribution in [2.45, 2.75) is 37.6 Å². The van der Waals surface area contributed by atoms with Gasteiger partial charge in [0, 0.05) is 16.4 Å². The van der Waals surface area contributed by atoms with Crippen molar-refractivity contribution in [3.05, 3.63) is 27.7 Å². The average molecular weight is 337 g/mol. The molecule has 0 spiro atoms. The number of hydrogen-bond donors (Lipinski definition) is 0. The first kappa shape index (κ1) is 12.3. The highest BCUT2D eigenvalue weighted by Gasteiger charge is 2.36. The van der Waals surface area contributed by atoms with Gasteiger partial charge in [-0.2, -0.15) is 0 Å². The summed E-state index contributed by atoms with van der Waals surface area (Å²) in [4.78, 5) is 7.50. The van der Waals surface area contributed by atoms with E-state index in [2.05, 4.69) is 39.0 Å². The lowest BCUT2D eigenvalue weighted by Crippen LogP contribution is -2.42. The summed E-state index contributed by atoms with van der Waals surface area (Å²) in [6.07, 6.45) is 5.44. The Morgan fingerprint density at radius 2 is 2.00 bits per heavy atom. The maximum atomic E-state index is 4.82. The second-order valence-corrected chi connectivity index (χ2v) is 7.71. The van der Waals surface area contributed by atoms with Crippen molar-refractivity contribution in [2.24, 2.45) is 0 Å². The summed E-state index contributed by atoms with van der Waals surface area (Å²) in [5.41, 5.74) is 1.16. The summed E-state index contributed by atoms with van der Waals surface area (Å²) in [6, 6.07) is 7.23. The summed E-state index contributed by atoms with van der Waals surface area (Å²) in [5.74, 6) is 0.710. The maximum absolute atomic E-state index is 4.82. The van der Waals surface area contributed by atoms with Crippen LogP contribution in [-0.4, -0.2) is 29.0 Å². The van der Waals surface area contributed by atoms with Crippen LogP contribution in [0.5, 0.6) is 0 Å². The van der Waals surface area contributed by atoms with Gasteiger partial charge in [-0.3, -0.25) is 0 Å². The fourth-order valence-corrected chi connectivity index (χ4v) is 4.93. The van der Waals surface area contributed by atoms with Crippen molar-refractivity contribution in [3.63, 3.8) is 0 Å². The van der Waals surface area contributed by atoms with Crippen LogP contribution >= 0.6 is 27.3 Å². The Bertz CT molecular complexity index is 597. The number of nitrogens with zero attached hydrogens (tertiary/aromatic N) is 2. The number of fused-ring (bicyclic) bond motifs is 1. The van der Waals surface area contributed by atoms with E-state index in [4.69, 9.17) is 4.98 Å². The molecule has 0 radical (unpaired) electrons. The molecule has 0 amide bonds. The predicted molar refractivity (Wildman–Crippen MR) is 83.9 cm³/mol. The highest BCUT2D eigenvalue weighted by atomic mass is 79.9. The first-order chi connectivity index (χ1) is 9.29. The molecule has 1 aliphatic heterocycles. The van der Waals surface area contributed by atoms with Crippen molar-refractivity contribution in [1.82, 2.24) is 9.88 Å². The summed E-state index contributed by atoms with van der Waals surface area (Å²) in [6.45, 7) is 2.65. The number of benzene rings is 1. The molecule has 0 atom stereocenters. The first-order valence-corrected chi connectivity index (χ1v) is 8.70. The zero-order valence-corrected chi connectivity index (χ0v) is 13.2. The number of aromatic nitrogens is 1. The fourth-order valence-electron chi connectivity index (χ4n) is 3.29. The Morgan fingerprint density at radius 3 is 2.79 bits per heavy atom. The van der Waals surface area contributed by atoms with E-state index in [1.54, 1.807) is 0 Å². The monoisotopic (exact) mass is 336 g/mol. The minimum Gasteiger partial charge on any atom is -0.300 e. The highest BCUT2D eigenvalue weighted by Crippen LogP contribution is 2.43. The van der Waals surface area contributed by atoms with Crippen LogP contribution in [0.1, 0.15) is 36.6 Å². The molecule has 1 saturated carbocycles. The molecule has 0 N–H and O–H groups in total. The van der Waals surface area contributed by atoms with Crippen molar-refractivity contribution >= 4 is 37.5 Å². The number of likely N-dealkylation sites (tertiary alicyclic amines) is 1. The molecule has 100 valence electrons. The van der Waals surface area contributed by atoms with Gasteiger partial charge in [-0.25, -0.2) is 4.98 Å². The quantitative estimate of drug-likeness (QED) is 0.807. The van der Waals surface area contributed by atoms with E-state index in [1.165, 1.54) is 48.5 Å². The molecular formula is C15H17BrN2S.